The third-order valence-electron chi connectivity index (χ3n) is 3.44. The molecule has 5 nitrogen and oxygen atoms in total. The standard InChI is InChI=1S/C14H15N3O2/c1-9(18)17-8-10(6-16-17)13-7-15-14-4-3-11(19-2)5-12(13)14/h3-7,10,15H,8H2,1-2H3. The largest absolute Gasteiger partial charge is 0.497 e. The molecule has 2 aromatic rings. The van der Waals surface area contributed by atoms with E-state index in [0.717, 1.165) is 22.2 Å². The summed E-state index contributed by atoms with van der Waals surface area (Å²) in [7, 11) is 1.65. The summed E-state index contributed by atoms with van der Waals surface area (Å²) in [5.41, 5.74) is 2.20. The molecule has 0 bridgehead atoms. The quantitative estimate of drug-likeness (QED) is 0.895. The summed E-state index contributed by atoms with van der Waals surface area (Å²) in [6.45, 7) is 2.12. The molecule has 1 unspecified atom stereocenters. The van der Waals surface area contributed by atoms with E-state index in [1.165, 1.54) is 11.9 Å². The van der Waals surface area contributed by atoms with Gasteiger partial charge in [-0.25, -0.2) is 5.01 Å². The minimum Gasteiger partial charge on any atom is -0.497 e. The molecule has 1 aromatic heterocycles. The highest BCUT2D eigenvalue weighted by atomic mass is 16.5. The maximum atomic E-state index is 11.3. The molecule has 0 aliphatic carbocycles. The molecular weight excluding hydrogens is 242 g/mol. The number of fused-ring (bicyclic) bond motifs is 1. The first-order valence-electron chi connectivity index (χ1n) is 6.16. The van der Waals surface area contributed by atoms with Gasteiger partial charge in [0.15, 0.2) is 0 Å². The molecule has 1 N–H and O–H groups in total. The topological polar surface area (TPSA) is 57.7 Å². The van der Waals surface area contributed by atoms with E-state index >= 15 is 0 Å². The lowest BCUT2D eigenvalue weighted by Gasteiger charge is -2.11. The number of hydrogen-bond donors (Lipinski definition) is 1. The first-order chi connectivity index (χ1) is 9.19. The number of rotatable bonds is 2. The highest BCUT2D eigenvalue weighted by Gasteiger charge is 2.24. The first kappa shape index (κ1) is 11.8. The molecule has 0 saturated heterocycles. The van der Waals surface area contributed by atoms with Gasteiger partial charge >= 0.3 is 0 Å². The zero-order valence-electron chi connectivity index (χ0n) is 10.9. The van der Waals surface area contributed by atoms with Gasteiger partial charge in [-0.3, -0.25) is 4.79 Å². The lowest BCUT2D eigenvalue weighted by Crippen LogP contribution is -2.22. The molecule has 1 aliphatic rings. The zero-order chi connectivity index (χ0) is 13.4. The predicted molar refractivity (Wildman–Crippen MR) is 73.5 cm³/mol. The SMILES string of the molecule is COc1ccc2[nH]cc(C3C=NN(C(C)=O)C3)c2c1. The van der Waals surface area contributed by atoms with Gasteiger partial charge in [0.2, 0.25) is 5.91 Å². The summed E-state index contributed by atoms with van der Waals surface area (Å²) in [4.78, 5) is 14.5. The van der Waals surface area contributed by atoms with Crippen LogP contribution in [0.1, 0.15) is 18.4 Å². The number of carbonyl (C=O) groups is 1. The fraction of sp³-hybridized carbons (Fsp3) is 0.286. The number of H-pyrrole nitrogens is 1. The maximum Gasteiger partial charge on any atom is 0.239 e. The number of ether oxygens (including phenoxy) is 1. The molecule has 98 valence electrons. The molecule has 0 saturated carbocycles. The van der Waals surface area contributed by atoms with E-state index in [0.29, 0.717) is 6.54 Å². The van der Waals surface area contributed by atoms with Gasteiger partial charge in [0, 0.05) is 36.2 Å². The van der Waals surface area contributed by atoms with E-state index in [1.807, 2.05) is 30.6 Å². The second kappa shape index (κ2) is 4.42. The molecule has 1 aliphatic heterocycles. The fourth-order valence-electron chi connectivity index (χ4n) is 2.39. The smallest absolute Gasteiger partial charge is 0.239 e. The second-order valence-corrected chi connectivity index (χ2v) is 4.63. The molecule has 19 heavy (non-hydrogen) atoms. The van der Waals surface area contributed by atoms with Crippen LogP contribution in [0.2, 0.25) is 0 Å². The van der Waals surface area contributed by atoms with Gasteiger partial charge in [-0.1, -0.05) is 0 Å². The Morgan fingerprint density at radius 2 is 2.37 bits per heavy atom. The molecule has 1 atom stereocenters. The van der Waals surface area contributed by atoms with Crippen LogP contribution in [0.3, 0.4) is 0 Å². The highest BCUT2D eigenvalue weighted by Crippen LogP contribution is 2.30. The van der Waals surface area contributed by atoms with Crippen molar-refractivity contribution in [3.05, 3.63) is 30.0 Å². The van der Waals surface area contributed by atoms with Crippen LogP contribution in [0.25, 0.3) is 10.9 Å². The van der Waals surface area contributed by atoms with Crippen molar-refractivity contribution < 1.29 is 9.53 Å². The van der Waals surface area contributed by atoms with E-state index in [1.54, 1.807) is 7.11 Å². The highest BCUT2D eigenvalue weighted by molar-refractivity contribution is 5.90. The van der Waals surface area contributed by atoms with Crippen molar-refractivity contribution in [1.82, 2.24) is 9.99 Å². The number of nitrogens with zero attached hydrogens (tertiary/aromatic N) is 2. The van der Waals surface area contributed by atoms with Crippen LogP contribution in [-0.4, -0.2) is 35.8 Å². The lowest BCUT2D eigenvalue weighted by molar-refractivity contribution is -0.128. The zero-order valence-corrected chi connectivity index (χ0v) is 10.9. The van der Waals surface area contributed by atoms with Crippen molar-refractivity contribution in [1.29, 1.82) is 0 Å². The normalized spacial score (nSPS) is 18.2. The fourth-order valence-corrected chi connectivity index (χ4v) is 2.39. The number of methoxy groups -OCH3 is 1. The Morgan fingerprint density at radius 3 is 3.05 bits per heavy atom. The Balaban J connectivity index is 1.98. The average molecular weight is 257 g/mol. The van der Waals surface area contributed by atoms with Gasteiger partial charge in [0.1, 0.15) is 5.75 Å². The second-order valence-electron chi connectivity index (χ2n) is 4.63. The molecule has 1 amide bonds. The number of amides is 1. The van der Waals surface area contributed by atoms with Gasteiger partial charge in [0.05, 0.1) is 13.7 Å². The Morgan fingerprint density at radius 1 is 1.53 bits per heavy atom. The Kier molecular flexibility index (Phi) is 2.74. The Bertz CT molecular complexity index is 660. The minimum atomic E-state index is -0.0313. The average Bonchev–Trinajstić information content (AvgIpc) is 3.03. The van der Waals surface area contributed by atoms with Gasteiger partial charge in [-0.05, 0) is 23.8 Å². The van der Waals surface area contributed by atoms with E-state index in [9.17, 15) is 4.79 Å². The molecular formula is C14H15N3O2. The number of hydrazone groups is 1. The lowest BCUT2D eigenvalue weighted by atomic mass is 10.00. The van der Waals surface area contributed by atoms with Crippen LogP contribution in [0.5, 0.6) is 5.75 Å². The number of aromatic amines is 1. The van der Waals surface area contributed by atoms with Crippen LogP contribution < -0.4 is 4.74 Å². The molecule has 0 radical (unpaired) electrons. The minimum absolute atomic E-state index is 0.0313. The van der Waals surface area contributed by atoms with Crippen molar-refractivity contribution in [3.8, 4) is 5.75 Å². The van der Waals surface area contributed by atoms with Crippen molar-refractivity contribution in [2.24, 2.45) is 5.10 Å². The van der Waals surface area contributed by atoms with E-state index in [2.05, 4.69) is 10.1 Å². The first-order valence-corrected chi connectivity index (χ1v) is 6.16. The summed E-state index contributed by atoms with van der Waals surface area (Å²) in [6, 6.07) is 5.92. The van der Waals surface area contributed by atoms with E-state index in [4.69, 9.17) is 4.74 Å². The number of aromatic nitrogens is 1. The third kappa shape index (κ3) is 1.97. The number of carbonyl (C=O) groups excluding carboxylic acids is 1. The van der Waals surface area contributed by atoms with Crippen LogP contribution in [0.15, 0.2) is 29.5 Å². The third-order valence-corrected chi connectivity index (χ3v) is 3.44. The van der Waals surface area contributed by atoms with Crippen molar-refractivity contribution >= 4 is 23.0 Å². The number of benzene rings is 1. The summed E-state index contributed by atoms with van der Waals surface area (Å²) >= 11 is 0. The van der Waals surface area contributed by atoms with Crippen LogP contribution in [0.4, 0.5) is 0 Å². The van der Waals surface area contributed by atoms with Crippen molar-refractivity contribution in [3.63, 3.8) is 0 Å². The van der Waals surface area contributed by atoms with Crippen LogP contribution in [0, 0.1) is 0 Å². The van der Waals surface area contributed by atoms with Gasteiger partial charge in [-0.2, -0.15) is 5.10 Å². The maximum absolute atomic E-state index is 11.3. The van der Waals surface area contributed by atoms with Crippen molar-refractivity contribution in [2.75, 3.05) is 13.7 Å². The molecule has 3 rings (SSSR count). The summed E-state index contributed by atoms with van der Waals surface area (Å²) in [5, 5.41) is 6.74. The Hall–Kier alpha value is -2.30. The summed E-state index contributed by atoms with van der Waals surface area (Å²) in [6.07, 6.45) is 3.80. The Labute approximate surface area is 110 Å². The number of hydrogen-bond acceptors (Lipinski definition) is 3. The van der Waals surface area contributed by atoms with Gasteiger partial charge < -0.3 is 9.72 Å². The van der Waals surface area contributed by atoms with Crippen LogP contribution >= 0.6 is 0 Å². The van der Waals surface area contributed by atoms with Gasteiger partial charge in [0.25, 0.3) is 0 Å². The van der Waals surface area contributed by atoms with Gasteiger partial charge in [-0.15, -0.1) is 0 Å². The van der Waals surface area contributed by atoms with E-state index in [-0.39, 0.29) is 11.8 Å². The molecule has 5 heteroatoms. The monoisotopic (exact) mass is 257 g/mol. The van der Waals surface area contributed by atoms with E-state index < -0.39 is 0 Å². The molecule has 0 spiro atoms. The molecule has 1 aromatic carbocycles. The number of nitrogens with one attached hydrogen (secondary N) is 1. The predicted octanol–water partition coefficient (Wildman–Crippen LogP) is 2.11. The summed E-state index contributed by atoms with van der Waals surface area (Å²) in [5.74, 6) is 0.924. The van der Waals surface area contributed by atoms with Crippen molar-refractivity contribution in [2.45, 2.75) is 12.8 Å². The van der Waals surface area contributed by atoms with Crippen LogP contribution in [-0.2, 0) is 4.79 Å². The molecule has 0 fully saturated rings. The molecule has 2 heterocycles. The summed E-state index contributed by atoms with van der Waals surface area (Å²) < 4.78 is 5.26.